The summed E-state index contributed by atoms with van der Waals surface area (Å²) in [5.74, 6) is 2.55. The predicted molar refractivity (Wildman–Crippen MR) is 50.6 cm³/mol. The molecule has 0 aromatic heterocycles. The summed E-state index contributed by atoms with van der Waals surface area (Å²) >= 11 is 0. The summed E-state index contributed by atoms with van der Waals surface area (Å²) in [6.07, 6.45) is 2.10. The van der Waals surface area contributed by atoms with Crippen LogP contribution in [0.15, 0.2) is 12.1 Å². The van der Waals surface area contributed by atoms with Crippen molar-refractivity contribution in [3.8, 4) is 0 Å². The molecule has 2 heteroatoms. The number of allylic oxidation sites excluding steroid dienone is 1. The van der Waals surface area contributed by atoms with Crippen LogP contribution in [0.2, 0.25) is 0 Å². The Kier molecular flexibility index (Phi) is 4.51. The van der Waals surface area contributed by atoms with Crippen LogP contribution in [0.3, 0.4) is 0 Å². The van der Waals surface area contributed by atoms with E-state index < -0.39 is 0 Å². The smallest absolute Gasteiger partial charge is 0.322 e. The van der Waals surface area contributed by atoms with Gasteiger partial charge in [0.15, 0.2) is 0 Å². The molecule has 63 valence electrons. The van der Waals surface area contributed by atoms with Gasteiger partial charge in [0, 0.05) is 5.60 Å². The summed E-state index contributed by atoms with van der Waals surface area (Å²) < 4.78 is 5.37. The van der Waals surface area contributed by atoms with Crippen molar-refractivity contribution in [1.29, 1.82) is 0 Å². The third-order valence-corrected chi connectivity index (χ3v) is 0.996. The fourth-order valence-corrected chi connectivity index (χ4v) is 0.511. The SMILES string of the molecule is CC(C)C=C[B]OC(C)(C)C. The minimum atomic E-state index is -0.0681. The summed E-state index contributed by atoms with van der Waals surface area (Å²) in [6, 6.07) is 0. The number of rotatable bonds is 3. The topological polar surface area (TPSA) is 9.23 Å². The lowest BCUT2D eigenvalue weighted by Gasteiger charge is -2.18. The van der Waals surface area contributed by atoms with E-state index in [1.807, 2.05) is 26.7 Å². The van der Waals surface area contributed by atoms with Crippen LogP contribution in [0.25, 0.3) is 0 Å². The molecule has 0 amide bonds. The molecule has 11 heavy (non-hydrogen) atoms. The van der Waals surface area contributed by atoms with E-state index in [0.29, 0.717) is 5.92 Å². The average molecular weight is 153 g/mol. The molecule has 0 rings (SSSR count). The zero-order chi connectivity index (χ0) is 8.91. The molecule has 0 aromatic rings. The Labute approximate surface area is 71.1 Å². The Morgan fingerprint density at radius 2 is 1.82 bits per heavy atom. The third-order valence-electron chi connectivity index (χ3n) is 0.996. The second kappa shape index (κ2) is 4.60. The van der Waals surface area contributed by atoms with Crippen molar-refractivity contribution >= 4 is 7.48 Å². The van der Waals surface area contributed by atoms with Crippen molar-refractivity contribution in [2.24, 2.45) is 5.92 Å². The summed E-state index contributed by atoms with van der Waals surface area (Å²) in [7, 11) is 1.75. The first-order valence-corrected chi connectivity index (χ1v) is 4.09. The van der Waals surface area contributed by atoms with Crippen LogP contribution in [0.5, 0.6) is 0 Å². The monoisotopic (exact) mass is 153 g/mol. The first-order valence-electron chi connectivity index (χ1n) is 4.09. The molecular formula is C9H18BO. The Hall–Kier alpha value is -0.235. The van der Waals surface area contributed by atoms with Crippen molar-refractivity contribution < 1.29 is 4.65 Å². The van der Waals surface area contributed by atoms with E-state index in [9.17, 15) is 0 Å². The molecule has 0 saturated heterocycles. The first-order chi connectivity index (χ1) is 4.92. The van der Waals surface area contributed by atoms with Crippen LogP contribution in [0, 0.1) is 5.92 Å². The summed E-state index contributed by atoms with van der Waals surface area (Å²) in [5, 5.41) is 0. The molecule has 0 heterocycles. The van der Waals surface area contributed by atoms with E-state index in [1.54, 1.807) is 7.48 Å². The van der Waals surface area contributed by atoms with Gasteiger partial charge in [0.2, 0.25) is 0 Å². The highest BCUT2D eigenvalue weighted by Gasteiger charge is 2.07. The van der Waals surface area contributed by atoms with Crippen LogP contribution in [0.1, 0.15) is 34.6 Å². The predicted octanol–water partition coefficient (Wildman–Crippen LogP) is 2.59. The van der Waals surface area contributed by atoms with Crippen LogP contribution in [0.4, 0.5) is 0 Å². The summed E-state index contributed by atoms with van der Waals surface area (Å²) in [5.41, 5.74) is -0.0681. The van der Waals surface area contributed by atoms with E-state index in [0.717, 1.165) is 0 Å². The lowest BCUT2D eigenvalue weighted by molar-refractivity contribution is 0.141. The molecule has 0 atom stereocenters. The zero-order valence-electron chi connectivity index (χ0n) is 8.22. The zero-order valence-corrected chi connectivity index (χ0v) is 8.22. The molecule has 0 unspecified atom stereocenters. The van der Waals surface area contributed by atoms with Crippen LogP contribution in [-0.4, -0.2) is 13.1 Å². The maximum absolute atomic E-state index is 5.37. The highest BCUT2D eigenvalue weighted by molar-refractivity contribution is 6.34. The Bertz CT molecular complexity index is 122. The lowest BCUT2D eigenvalue weighted by Crippen LogP contribution is -2.20. The van der Waals surface area contributed by atoms with Gasteiger partial charge >= 0.3 is 7.48 Å². The molecule has 0 spiro atoms. The normalized spacial score (nSPS) is 12.9. The van der Waals surface area contributed by atoms with Crippen LogP contribution in [-0.2, 0) is 4.65 Å². The fourth-order valence-electron chi connectivity index (χ4n) is 0.511. The molecule has 0 N–H and O–H groups in total. The van der Waals surface area contributed by atoms with Crippen molar-refractivity contribution in [2.75, 3.05) is 0 Å². The standard InChI is InChI=1S/C9H18BO/c1-8(2)6-7-10-11-9(3,4)5/h6-8H,1-5H3. The molecule has 1 nitrogen and oxygen atoms in total. The number of hydrogen-bond donors (Lipinski definition) is 0. The molecule has 0 saturated carbocycles. The van der Waals surface area contributed by atoms with Gasteiger partial charge in [0.1, 0.15) is 0 Å². The maximum atomic E-state index is 5.37. The maximum Gasteiger partial charge on any atom is 0.322 e. The van der Waals surface area contributed by atoms with Crippen molar-refractivity contribution in [2.45, 2.75) is 40.2 Å². The van der Waals surface area contributed by atoms with Crippen LogP contribution >= 0.6 is 0 Å². The molecule has 0 aliphatic rings. The van der Waals surface area contributed by atoms with Crippen molar-refractivity contribution in [1.82, 2.24) is 0 Å². The quantitative estimate of drug-likeness (QED) is 0.566. The van der Waals surface area contributed by atoms with Gasteiger partial charge in [-0.25, -0.2) is 0 Å². The largest absolute Gasteiger partial charge is 0.431 e. The third kappa shape index (κ3) is 9.76. The highest BCUT2D eigenvalue weighted by atomic mass is 16.5. The molecule has 0 aliphatic heterocycles. The van der Waals surface area contributed by atoms with Gasteiger partial charge in [0.05, 0.1) is 0 Å². The summed E-state index contributed by atoms with van der Waals surface area (Å²) in [4.78, 5) is 0. The highest BCUT2D eigenvalue weighted by Crippen LogP contribution is 2.05. The molecular weight excluding hydrogens is 135 g/mol. The van der Waals surface area contributed by atoms with Gasteiger partial charge in [0.25, 0.3) is 0 Å². The minimum Gasteiger partial charge on any atom is -0.431 e. The van der Waals surface area contributed by atoms with Crippen molar-refractivity contribution in [3.63, 3.8) is 0 Å². The molecule has 1 radical (unpaired) electrons. The fraction of sp³-hybridized carbons (Fsp3) is 0.778. The number of hydrogen-bond acceptors (Lipinski definition) is 1. The van der Waals surface area contributed by atoms with E-state index in [1.165, 1.54) is 0 Å². The van der Waals surface area contributed by atoms with Gasteiger partial charge in [-0.3, -0.25) is 0 Å². The molecule has 0 aromatic carbocycles. The van der Waals surface area contributed by atoms with Crippen LogP contribution < -0.4 is 0 Å². The Morgan fingerprint density at radius 1 is 1.27 bits per heavy atom. The lowest BCUT2D eigenvalue weighted by atomic mass is 9.96. The van der Waals surface area contributed by atoms with E-state index in [4.69, 9.17) is 4.65 Å². The minimum absolute atomic E-state index is 0.0681. The molecule has 0 fully saturated rings. The van der Waals surface area contributed by atoms with Gasteiger partial charge in [-0.2, -0.15) is 0 Å². The Balaban J connectivity index is 3.42. The van der Waals surface area contributed by atoms with Gasteiger partial charge in [-0.05, 0) is 26.7 Å². The van der Waals surface area contributed by atoms with Gasteiger partial charge < -0.3 is 4.65 Å². The Morgan fingerprint density at radius 3 is 2.18 bits per heavy atom. The van der Waals surface area contributed by atoms with E-state index in [2.05, 4.69) is 19.9 Å². The van der Waals surface area contributed by atoms with E-state index in [-0.39, 0.29) is 5.60 Å². The van der Waals surface area contributed by atoms with Crippen molar-refractivity contribution in [3.05, 3.63) is 12.1 Å². The average Bonchev–Trinajstić information content (AvgIpc) is 1.78. The first kappa shape index (κ1) is 10.8. The van der Waals surface area contributed by atoms with Gasteiger partial charge in [-0.15, -0.1) is 0 Å². The second-order valence-corrected chi connectivity index (χ2v) is 4.00. The summed E-state index contributed by atoms with van der Waals surface area (Å²) in [6.45, 7) is 10.4. The molecule has 0 aliphatic carbocycles. The van der Waals surface area contributed by atoms with Gasteiger partial charge in [-0.1, -0.05) is 25.9 Å². The molecule has 0 bridgehead atoms. The second-order valence-electron chi connectivity index (χ2n) is 4.00. The van der Waals surface area contributed by atoms with E-state index >= 15 is 0 Å².